The number of urea groups is 1. The van der Waals surface area contributed by atoms with Crippen molar-refractivity contribution in [2.24, 2.45) is 5.41 Å². The molecule has 0 unspecified atom stereocenters. The van der Waals surface area contributed by atoms with Crippen LogP contribution in [0.4, 0.5) is 4.79 Å². The summed E-state index contributed by atoms with van der Waals surface area (Å²) in [6, 6.07) is -0.484. The van der Waals surface area contributed by atoms with Crippen molar-refractivity contribution in [1.82, 2.24) is 10.6 Å². The summed E-state index contributed by atoms with van der Waals surface area (Å²) in [6.45, 7) is 2.72. The molecule has 0 aromatic rings. The highest BCUT2D eigenvalue weighted by atomic mass is 16.4. The van der Waals surface area contributed by atoms with Crippen LogP contribution in [0.15, 0.2) is 0 Å². The number of amides is 3. The second kappa shape index (κ2) is 7.11. The van der Waals surface area contributed by atoms with Crippen LogP contribution in [0.25, 0.3) is 0 Å². The number of carboxylic acid groups (broad SMARTS) is 1. The number of hydrogen-bond acceptors (Lipinski definition) is 3. The first-order valence-electron chi connectivity index (χ1n) is 6.77. The molecule has 6 heteroatoms. The van der Waals surface area contributed by atoms with E-state index >= 15 is 0 Å². The molecule has 1 fully saturated rings. The zero-order chi connectivity index (χ0) is 14.3. The van der Waals surface area contributed by atoms with Gasteiger partial charge in [0.25, 0.3) is 0 Å². The number of nitrogens with one attached hydrogen (secondary N) is 2. The molecule has 1 saturated carbocycles. The highest BCUT2D eigenvalue weighted by Crippen LogP contribution is 2.48. The zero-order valence-corrected chi connectivity index (χ0v) is 11.3. The van der Waals surface area contributed by atoms with E-state index in [0.717, 1.165) is 25.7 Å². The molecule has 1 aliphatic carbocycles. The Morgan fingerprint density at radius 2 is 1.89 bits per heavy atom. The maximum atomic E-state index is 11.5. The van der Waals surface area contributed by atoms with E-state index in [4.69, 9.17) is 5.11 Å². The quantitative estimate of drug-likeness (QED) is 0.625. The van der Waals surface area contributed by atoms with E-state index in [9.17, 15) is 14.4 Å². The van der Waals surface area contributed by atoms with Crippen LogP contribution in [0.1, 0.15) is 51.9 Å². The van der Waals surface area contributed by atoms with Gasteiger partial charge in [-0.05, 0) is 31.1 Å². The Kier molecular flexibility index (Phi) is 5.79. The van der Waals surface area contributed by atoms with Crippen molar-refractivity contribution in [2.45, 2.75) is 51.9 Å². The molecule has 1 aliphatic rings. The van der Waals surface area contributed by atoms with Gasteiger partial charge in [0.15, 0.2) is 0 Å². The Labute approximate surface area is 112 Å². The summed E-state index contributed by atoms with van der Waals surface area (Å²) in [5.74, 6) is -1.37. The molecule has 0 aromatic heterocycles. The highest BCUT2D eigenvalue weighted by Gasteiger charge is 2.41. The van der Waals surface area contributed by atoms with Crippen molar-refractivity contribution < 1.29 is 19.5 Å². The van der Waals surface area contributed by atoms with E-state index in [-0.39, 0.29) is 24.7 Å². The smallest absolute Gasteiger partial charge is 0.321 e. The Bertz CT molecular complexity index is 351. The summed E-state index contributed by atoms with van der Waals surface area (Å²) < 4.78 is 0. The van der Waals surface area contributed by atoms with Crippen LogP contribution in [-0.2, 0) is 9.59 Å². The molecule has 6 nitrogen and oxygen atoms in total. The second-order valence-electron chi connectivity index (χ2n) is 5.23. The summed E-state index contributed by atoms with van der Waals surface area (Å²) in [7, 11) is 0. The van der Waals surface area contributed by atoms with E-state index in [1.807, 2.05) is 0 Å². The van der Waals surface area contributed by atoms with Crippen LogP contribution in [0.5, 0.6) is 0 Å². The van der Waals surface area contributed by atoms with Crippen molar-refractivity contribution >= 4 is 17.9 Å². The first kappa shape index (κ1) is 15.5. The van der Waals surface area contributed by atoms with E-state index < -0.39 is 17.9 Å². The Hall–Kier alpha value is -1.59. The fourth-order valence-corrected chi connectivity index (χ4v) is 2.12. The van der Waals surface area contributed by atoms with Crippen molar-refractivity contribution in [3.05, 3.63) is 0 Å². The summed E-state index contributed by atoms with van der Waals surface area (Å²) in [4.78, 5) is 33.1. The second-order valence-corrected chi connectivity index (χ2v) is 5.23. The Morgan fingerprint density at radius 1 is 1.21 bits per heavy atom. The van der Waals surface area contributed by atoms with Gasteiger partial charge in [-0.2, -0.15) is 0 Å². The molecule has 0 bridgehead atoms. The lowest BCUT2D eigenvalue weighted by Gasteiger charge is -2.14. The lowest BCUT2D eigenvalue weighted by molar-refractivity contribution is -0.137. The largest absolute Gasteiger partial charge is 0.481 e. The Morgan fingerprint density at radius 3 is 2.42 bits per heavy atom. The molecule has 0 spiro atoms. The maximum Gasteiger partial charge on any atom is 0.321 e. The van der Waals surface area contributed by atoms with Crippen molar-refractivity contribution in [2.75, 3.05) is 6.54 Å². The third-order valence-electron chi connectivity index (χ3n) is 3.41. The number of carbonyl (C=O) groups is 3. The van der Waals surface area contributed by atoms with Gasteiger partial charge in [0.2, 0.25) is 5.91 Å². The van der Waals surface area contributed by atoms with Crippen LogP contribution in [0.2, 0.25) is 0 Å². The summed E-state index contributed by atoms with van der Waals surface area (Å²) in [6.07, 6.45) is 4.70. The molecule has 0 saturated heterocycles. The number of carboxylic acids is 1. The molecule has 0 aliphatic heterocycles. The predicted octanol–water partition coefficient (Wildman–Crippen LogP) is 1.65. The molecule has 3 N–H and O–H groups in total. The molecular formula is C13H22N2O4. The molecule has 0 atom stereocenters. The van der Waals surface area contributed by atoms with Gasteiger partial charge in [-0.3, -0.25) is 14.9 Å². The van der Waals surface area contributed by atoms with E-state index in [2.05, 4.69) is 17.6 Å². The number of rotatable bonds is 8. The van der Waals surface area contributed by atoms with Crippen molar-refractivity contribution in [1.29, 1.82) is 0 Å². The zero-order valence-electron chi connectivity index (χ0n) is 11.3. The SMILES string of the molecule is CCCC1(CNC(=O)NC(=O)CCCC(=O)O)CC1. The van der Waals surface area contributed by atoms with Gasteiger partial charge in [-0.1, -0.05) is 13.3 Å². The standard InChI is InChI=1S/C13H22N2O4/c1-2-6-13(7-8-13)9-14-12(19)15-10(16)4-3-5-11(17)18/h2-9H2,1H3,(H,17,18)(H2,14,15,16,19). The number of imide groups is 1. The van der Waals surface area contributed by atoms with E-state index in [1.165, 1.54) is 0 Å². The molecule has 3 amide bonds. The lowest BCUT2D eigenvalue weighted by Crippen LogP contribution is -2.41. The maximum absolute atomic E-state index is 11.5. The summed E-state index contributed by atoms with van der Waals surface area (Å²) >= 11 is 0. The predicted molar refractivity (Wildman–Crippen MR) is 69.6 cm³/mol. The van der Waals surface area contributed by atoms with Crippen molar-refractivity contribution in [3.63, 3.8) is 0 Å². The van der Waals surface area contributed by atoms with Crippen LogP contribution < -0.4 is 10.6 Å². The van der Waals surface area contributed by atoms with E-state index in [1.54, 1.807) is 0 Å². The van der Waals surface area contributed by atoms with Crippen LogP contribution in [0, 0.1) is 5.41 Å². The molecule has 1 rings (SSSR count). The minimum Gasteiger partial charge on any atom is -0.481 e. The van der Waals surface area contributed by atoms with Gasteiger partial charge in [-0.25, -0.2) is 4.79 Å². The molecule has 0 heterocycles. The van der Waals surface area contributed by atoms with Crippen LogP contribution in [0.3, 0.4) is 0 Å². The summed E-state index contributed by atoms with van der Waals surface area (Å²) in [5.41, 5.74) is 0.248. The Balaban J connectivity index is 2.13. The molecule has 0 radical (unpaired) electrons. The van der Waals surface area contributed by atoms with Gasteiger partial charge in [0.1, 0.15) is 0 Å². The molecule has 108 valence electrons. The monoisotopic (exact) mass is 270 g/mol. The first-order valence-corrected chi connectivity index (χ1v) is 6.77. The topological polar surface area (TPSA) is 95.5 Å². The van der Waals surface area contributed by atoms with Gasteiger partial charge in [-0.15, -0.1) is 0 Å². The van der Waals surface area contributed by atoms with Gasteiger partial charge in [0.05, 0.1) is 0 Å². The van der Waals surface area contributed by atoms with Crippen molar-refractivity contribution in [3.8, 4) is 0 Å². The van der Waals surface area contributed by atoms with Gasteiger partial charge < -0.3 is 10.4 Å². The number of aliphatic carboxylic acids is 1. The van der Waals surface area contributed by atoms with Gasteiger partial charge >= 0.3 is 12.0 Å². The summed E-state index contributed by atoms with van der Waals surface area (Å²) in [5, 5.41) is 13.4. The molecule has 19 heavy (non-hydrogen) atoms. The number of carbonyl (C=O) groups excluding carboxylic acids is 2. The minimum atomic E-state index is -0.938. The minimum absolute atomic E-state index is 0.0554. The normalized spacial score (nSPS) is 15.6. The van der Waals surface area contributed by atoms with Gasteiger partial charge in [0, 0.05) is 19.4 Å². The average Bonchev–Trinajstić information content (AvgIpc) is 3.07. The fraction of sp³-hybridized carbons (Fsp3) is 0.769. The fourth-order valence-electron chi connectivity index (χ4n) is 2.12. The first-order chi connectivity index (χ1) is 8.97. The third kappa shape index (κ3) is 6.22. The van der Waals surface area contributed by atoms with Crippen LogP contribution >= 0.6 is 0 Å². The highest BCUT2D eigenvalue weighted by molar-refractivity contribution is 5.94. The third-order valence-corrected chi connectivity index (χ3v) is 3.41. The molecular weight excluding hydrogens is 248 g/mol. The molecule has 0 aromatic carbocycles. The lowest BCUT2D eigenvalue weighted by atomic mass is 10.0. The average molecular weight is 270 g/mol. The number of hydrogen-bond donors (Lipinski definition) is 3. The van der Waals surface area contributed by atoms with Crippen LogP contribution in [-0.4, -0.2) is 29.6 Å². The van der Waals surface area contributed by atoms with E-state index in [0.29, 0.717) is 6.54 Å².